The zero-order chi connectivity index (χ0) is 12.8. The molecule has 1 aliphatic rings. The van der Waals surface area contributed by atoms with Crippen LogP contribution < -0.4 is 5.32 Å². The van der Waals surface area contributed by atoms with Crippen molar-refractivity contribution in [3.63, 3.8) is 0 Å². The summed E-state index contributed by atoms with van der Waals surface area (Å²) in [6, 6.07) is 0.683. The van der Waals surface area contributed by atoms with Gasteiger partial charge in [-0.15, -0.1) is 0 Å². The molecule has 1 N–H and O–H groups in total. The molecule has 0 radical (unpaired) electrons. The third-order valence-corrected chi connectivity index (χ3v) is 3.71. The lowest BCUT2D eigenvalue weighted by Gasteiger charge is -2.25. The smallest absolute Gasteiger partial charge is 0.0588 e. The van der Waals surface area contributed by atoms with Gasteiger partial charge in [-0.25, -0.2) is 0 Å². The van der Waals surface area contributed by atoms with Gasteiger partial charge in [0, 0.05) is 19.2 Å². The maximum Gasteiger partial charge on any atom is 0.0588 e. The fourth-order valence-corrected chi connectivity index (χ4v) is 2.76. The van der Waals surface area contributed by atoms with E-state index in [1.165, 1.54) is 19.3 Å². The SMILES string of the molecule is CC(C)CC(CC(C)C)NCC1CCOC1C. The predicted octanol–water partition coefficient (Wildman–Crippen LogP) is 3.46. The Morgan fingerprint density at radius 1 is 1.12 bits per heavy atom. The minimum absolute atomic E-state index is 0.446. The minimum atomic E-state index is 0.446. The molecule has 1 saturated heterocycles. The summed E-state index contributed by atoms with van der Waals surface area (Å²) >= 11 is 0. The van der Waals surface area contributed by atoms with Crippen LogP contribution in [0, 0.1) is 17.8 Å². The van der Waals surface area contributed by atoms with Crippen molar-refractivity contribution in [3.8, 4) is 0 Å². The Balaban J connectivity index is 2.31. The van der Waals surface area contributed by atoms with Crippen LogP contribution in [0.15, 0.2) is 0 Å². The van der Waals surface area contributed by atoms with E-state index in [0.29, 0.717) is 12.1 Å². The lowest BCUT2D eigenvalue weighted by Crippen LogP contribution is -2.37. The van der Waals surface area contributed by atoms with Crippen molar-refractivity contribution in [2.45, 2.75) is 66.0 Å². The lowest BCUT2D eigenvalue weighted by molar-refractivity contribution is 0.104. The van der Waals surface area contributed by atoms with Crippen LogP contribution in [0.25, 0.3) is 0 Å². The maximum absolute atomic E-state index is 5.62. The largest absolute Gasteiger partial charge is 0.378 e. The average Bonchev–Trinajstić information content (AvgIpc) is 2.59. The summed E-state index contributed by atoms with van der Waals surface area (Å²) in [6.45, 7) is 13.6. The van der Waals surface area contributed by atoms with Crippen molar-refractivity contribution in [2.75, 3.05) is 13.2 Å². The quantitative estimate of drug-likeness (QED) is 0.737. The van der Waals surface area contributed by atoms with Crippen LogP contribution in [0.5, 0.6) is 0 Å². The van der Waals surface area contributed by atoms with Crippen molar-refractivity contribution in [2.24, 2.45) is 17.8 Å². The van der Waals surface area contributed by atoms with Crippen LogP contribution in [0.3, 0.4) is 0 Å². The first kappa shape index (κ1) is 15.0. The van der Waals surface area contributed by atoms with E-state index in [0.717, 1.165) is 30.9 Å². The summed E-state index contributed by atoms with van der Waals surface area (Å²) in [5, 5.41) is 3.77. The molecule has 0 aromatic carbocycles. The Morgan fingerprint density at radius 3 is 2.12 bits per heavy atom. The van der Waals surface area contributed by atoms with Gasteiger partial charge in [0.25, 0.3) is 0 Å². The summed E-state index contributed by atoms with van der Waals surface area (Å²) in [6.07, 6.45) is 4.26. The van der Waals surface area contributed by atoms with Crippen molar-refractivity contribution < 1.29 is 4.74 Å². The molecule has 0 aliphatic carbocycles. The molecule has 0 amide bonds. The number of hydrogen-bond donors (Lipinski definition) is 1. The van der Waals surface area contributed by atoms with Crippen molar-refractivity contribution in [1.29, 1.82) is 0 Å². The van der Waals surface area contributed by atoms with Gasteiger partial charge < -0.3 is 10.1 Å². The summed E-state index contributed by atoms with van der Waals surface area (Å²) in [7, 11) is 0. The first-order chi connectivity index (χ1) is 7.99. The molecule has 0 spiro atoms. The molecule has 2 nitrogen and oxygen atoms in total. The van der Waals surface area contributed by atoms with E-state index in [1.807, 2.05) is 0 Å². The molecule has 1 heterocycles. The Labute approximate surface area is 108 Å². The van der Waals surface area contributed by atoms with Crippen molar-refractivity contribution in [3.05, 3.63) is 0 Å². The molecule has 1 rings (SSSR count). The number of nitrogens with one attached hydrogen (secondary N) is 1. The topological polar surface area (TPSA) is 21.3 Å². The zero-order valence-electron chi connectivity index (χ0n) is 12.3. The third-order valence-electron chi connectivity index (χ3n) is 3.71. The van der Waals surface area contributed by atoms with Gasteiger partial charge in [-0.1, -0.05) is 27.7 Å². The normalized spacial score (nSPS) is 25.4. The molecular weight excluding hydrogens is 210 g/mol. The third kappa shape index (κ3) is 5.87. The van der Waals surface area contributed by atoms with Gasteiger partial charge in [0.1, 0.15) is 0 Å². The number of rotatable bonds is 7. The van der Waals surface area contributed by atoms with Gasteiger partial charge in [-0.3, -0.25) is 0 Å². The first-order valence-corrected chi connectivity index (χ1v) is 7.34. The maximum atomic E-state index is 5.62. The van der Waals surface area contributed by atoms with E-state index in [9.17, 15) is 0 Å². The molecule has 17 heavy (non-hydrogen) atoms. The fraction of sp³-hybridized carbons (Fsp3) is 1.00. The Morgan fingerprint density at radius 2 is 1.71 bits per heavy atom. The van der Waals surface area contributed by atoms with Gasteiger partial charge in [0.2, 0.25) is 0 Å². The highest BCUT2D eigenvalue weighted by Crippen LogP contribution is 2.20. The van der Waals surface area contributed by atoms with Gasteiger partial charge in [-0.05, 0) is 43.9 Å². The molecule has 2 atom stereocenters. The Hall–Kier alpha value is -0.0800. The van der Waals surface area contributed by atoms with Gasteiger partial charge in [-0.2, -0.15) is 0 Å². The van der Waals surface area contributed by atoms with Gasteiger partial charge in [0.15, 0.2) is 0 Å². The zero-order valence-corrected chi connectivity index (χ0v) is 12.3. The molecule has 2 heteroatoms. The predicted molar refractivity (Wildman–Crippen MR) is 74.2 cm³/mol. The first-order valence-electron chi connectivity index (χ1n) is 7.34. The van der Waals surface area contributed by atoms with Crippen molar-refractivity contribution >= 4 is 0 Å². The van der Waals surface area contributed by atoms with E-state index in [4.69, 9.17) is 4.74 Å². The molecule has 1 fully saturated rings. The molecule has 1 aliphatic heterocycles. The fourth-order valence-electron chi connectivity index (χ4n) is 2.76. The lowest BCUT2D eigenvalue weighted by atomic mass is 9.94. The van der Waals surface area contributed by atoms with Crippen LogP contribution in [-0.2, 0) is 4.74 Å². The molecule has 0 saturated carbocycles. The van der Waals surface area contributed by atoms with Crippen molar-refractivity contribution in [1.82, 2.24) is 5.32 Å². The highest BCUT2D eigenvalue weighted by molar-refractivity contribution is 4.78. The molecule has 2 unspecified atom stereocenters. The van der Waals surface area contributed by atoms with Crippen LogP contribution in [-0.4, -0.2) is 25.3 Å². The van der Waals surface area contributed by atoms with Crippen LogP contribution >= 0.6 is 0 Å². The van der Waals surface area contributed by atoms with Gasteiger partial charge in [0.05, 0.1) is 6.10 Å². The van der Waals surface area contributed by atoms with E-state index >= 15 is 0 Å². The Bertz CT molecular complexity index is 193. The monoisotopic (exact) mass is 241 g/mol. The summed E-state index contributed by atoms with van der Waals surface area (Å²) in [5.74, 6) is 2.28. The van der Waals surface area contributed by atoms with Crippen LogP contribution in [0.2, 0.25) is 0 Å². The number of ether oxygens (including phenoxy) is 1. The summed E-state index contributed by atoms with van der Waals surface area (Å²) < 4.78 is 5.62. The van der Waals surface area contributed by atoms with E-state index in [1.54, 1.807) is 0 Å². The number of hydrogen-bond acceptors (Lipinski definition) is 2. The van der Waals surface area contributed by atoms with E-state index < -0.39 is 0 Å². The van der Waals surface area contributed by atoms with Crippen LogP contribution in [0.4, 0.5) is 0 Å². The van der Waals surface area contributed by atoms with Gasteiger partial charge >= 0.3 is 0 Å². The second kappa shape index (κ2) is 7.38. The second-order valence-corrected chi connectivity index (χ2v) is 6.49. The summed E-state index contributed by atoms with van der Waals surface area (Å²) in [4.78, 5) is 0. The summed E-state index contributed by atoms with van der Waals surface area (Å²) in [5.41, 5.74) is 0. The molecule has 0 aromatic rings. The molecule has 0 aromatic heterocycles. The molecule has 102 valence electrons. The second-order valence-electron chi connectivity index (χ2n) is 6.49. The van der Waals surface area contributed by atoms with E-state index in [-0.39, 0.29) is 0 Å². The minimum Gasteiger partial charge on any atom is -0.378 e. The Kier molecular flexibility index (Phi) is 6.50. The highest BCUT2D eigenvalue weighted by Gasteiger charge is 2.24. The molecule has 0 bridgehead atoms. The highest BCUT2D eigenvalue weighted by atomic mass is 16.5. The average molecular weight is 241 g/mol. The standard InChI is InChI=1S/C15H31NO/c1-11(2)8-15(9-12(3)4)16-10-14-6-7-17-13(14)5/h11-16H,6-10H2,1-5H3. The molecular formula is C15H31NO. The van der Waals surface area contributed by atoms with E-state index in [2.05, 4.69) is 39.9 Å². The van der Waals surface area contributed by atoms with Crippen LogP contribution in [0.1, 0.15) is 53.9 Å².